The Morgan fingerprint density at radius 3 is 2.35 bits per heavy atom. The van der Waals surface area contributed by atoms with Crippen molar-refractivity contribution in [1.82, 2.24) is 0 Å². The Morgan fingerprint density at radius 2 is 1.74 bits per heavy atom. The van der Waals surface area contributed by atoms with Crippen molar-refractivity contribution < 1.29 is 23.6 Å². The lowest BCUT2D eigenvalue weighted by Gasteiger charge is -2.05. The minimum atomic E-state index is -0.844. The number of benzene rings is 2. The van der Waals surface area contributed by atoms with Crippen molar-refractivity contribution in [2.45, 2.75) is 6.92 Å². The Labute approximate surface area is 130 Å². The minimum absolute atomic E-state index is 0.0193. The number of carbonyl (C=O) groups excluding carboxylic acids is 2. The van der Waals surface area contributed by atoms with Crippen molar-refractivity contribution in [3.8, 4) is 0 Å². The molecular formula is C16H12FNO5. The number of halogens is 1. The van der Waals surface area contributed by atoms with Gasteiger partial charge in [-0.25, -0.2) is 9.18 Å². The SMILES string of the molecule is Cc1ccc(C(=O)OCC(=O)c2ccc(F)cc2)cc1[N+](=O)[O-]. The highest BCUT2D eigenvalue weighted by Crippen LogP contribution is 2.19. The van der Waals surface area contributed by atoms with E-state index in [1.807, 2.05) is 0 Å². The molecule has 0 atom stereocenters. The van der Waals surface area contributed by atoms with Gasteiger partial charge in [-0.3, -0.25) is 14.9 Å². The Morgan fingerprint density at radius 1 is 1.13 bits per heavy atom. The van der Waals surface area contributed by atoms with Gasteiger partial charge < -0.3 is 4.74 Å². The second-order valence-electron chi connectivity index (χ2n) is 4.76. The maximum Gasteiger partial charge on any atom is 0.338 e. The molecule has 0 spiro atoms. The highest BCUT2D eigenvalue weighted by molar-refractivity contribution is 5.99. The molecule has 2 aromatic rings. The van der Waals surface area contributed by atoms with E-state index in [0.717, 1.165) is 18.2 Å². The fraction of sp³-hybridized carbons (Fsp3) is 0.125. The van der Waals surface area contributed by atoms with Crippen molar-refractivity contribution in [3.05, 3.63) is 75.1 Å². The number of rotatable bonds is 5. The van der Waals surface area contributed by atoms with Crippen LogP contribution >= 0.6 is 0 Å². The van der Waals surface area contributed by atoms with Gasteiger partial charge in [0.05, 0.1) is 10.5 Å². The molecular weight excluding hydrogens is 305 g/mol. The van der Waals surface area contributed by atoms with Crippen molar-refractivity contribution in [2.24, 2.45) is 0 Å². The quantitative estimate of drug-likeness (QED) is 0.366. The monoisotopic (exact) mass is 317 g/mol. The number of Topliss-reactive ketones (excluding diaryl/α,β-unsaturated/α-hetero) is 1. The summed E-state index contributed by atoms with van der Waals surface area (Å²) in [4.78, 5) is 33.9. The van der Waals surface area contributed by atoms with Crippen LogP contribution in [-0.2, 0) is 4.74 Å². The number of esters is 1. The molecule has 7 heteroatoms. The average Bonchev–Trinajstić information content (AvgIpc) is 2.53. The summed E-state index contributed by atoms with van der Waals surface area (Å²) in [5.74, 6) is -1.82. The first-order chi connectivity index (χ1) is 10.9. The topological polar surface area (TPSA) is 86.5 Å². The molecule has 0 aliphatic carbocycles. The third-order valence-electron chi connectivity index (χ3n) is 3.14. The summed E-state index contributed by atoms with van der Waals surface area (Å²) in [6, 6.07) is 8.71. The highest BCUT2D eigenvalue weighted by atomic mass is 19.1. The van der Waals surface area contributed by atoms with Crippen LogP contribution in [0.3, 0.4) is 0 Å². The van der Waals surface area contributed by atoms with Crippen LogP contribution in [0, 0.1) is 22.9 Å². The molecule has 0 unspecified atom stereocenters. The van der Waals surface area contributed by atoms with Gasteiger partial charge in [-0.15, -0.1) is 0 Å². The molecule has 118 valence electrons. The zero-order chi connectivity index (χ0) is 17.0. The number of nitrogens with zero attached hydrogens (tertiary/aromatic N) is 1. The van der Waals surface area contributed by atoms with Crippen LogP contribution in [0.15, 0.2) is 42.5 Å². The molecule has 23 heavy (non-hydrogen) atoms. The van der Waals surface area contributed by atoms with Gasteiger partial charge in [-0.05, 0) is 37.3 Å². The van der Waals surface area contributed by atoms with E-state index in [2.05, 4.69) is 0 Å². The molecule has 0 radical (unpaired) electrons. The van der Waals surface area contributed by atoms with Crippen molar-refractivity contribution in [3.63, 3.8) is 0 Å². The van der Waals surface area contributed by atoms with Crippen LogP contribution in [0.4, 0.5) is 10.1 Å². The average molecular weight is 317 g/mol. The first kappa shape index (κ1) is 16.3. The van der Waals surface area contributed by atoms with Gasteiger partial charge >= 0.3 is 5.97 Å². The van der Waals surface area contributed by atoms with E-state index in [1.54, 1.807) is 6.92 Å². The summed E-state index contributed by atoms with van der Waals surface area (Å²) >= 11 is 0. The van der Waals surface area contributed by atoms with Crippen LogP contribution in [0.2, 0.25) is 0 Å². The number of hydrogen-bond acceptors (Lipinski definition) is 5. The van der Waals surface area contributed by atoms with Gasteiger partial charge in [0.1, 0.15) is 5.82 Å². The Balaban J connectivity index is 2.05. The number of ketones is 1. The molecule has 2 rings (SSSR count). The molecule has 0 N–H and O–H groups in total. The van der Waals surface area contributed by atoms with Crippen LogP contribution in [0.5, 0.6) is 0 Å². The smallest absolute Gasteiger partial charge is 0.338 e. The van der Waals surface area contributed by atoms with E-state index in [1.165, 1.54) is 24.3 Å². The third-order valence-corrected chi connectivity index (χ3v) is 3.14. The van der Waals surface area contributed by atoms with Gasteiger partial charge in [-0.1, -0.05) is 6.07 Å². The molecule has 0 amide bonds. The van der Waals surface area contributed by atoms with Gasteiger partial charge in [0, 0.05) is 17.2 Å². The van der Waals surface area contributed by atoms with Crippen molar-refractivity contribution in [2.75, 3.05) is 6.61 Å². The second-order valence-corrected chi connectivity index (χ2v) is 4.76. The largest absolute Gasteiger partial charge is 0.454 e. The molecule has 6 nitrogen and oxygen atoms in total. The number of nitro benzene ring substituents is 1. The number of aryl methyl sites for hydroxylation is 1. The number of ether oxygens (including phenoxy) is 1. The molecule has 0 aliphatic heterocycles. The third kappa shape index (κ3) is 3.97. The number of nitro groups is 1. The lowest BCUT2D eigenvalue weighted by Crippen LogP contribution is -2.14. The van der Waals surface area contributed by atoms with E-state index >= 15 is 0 Å². The Hall–Kier alpha value is -3.09. The Bertz CT molecular complexity index is 771. The first-order valence-electron chi connectivity index (χ1n) is 6.59. The summed E-state index contributed by atoms with van der Waals surface area (Å²) < 4.78 is 17.6. The summed E-state index contributed by atoms with van der Waals surface area (Å²) in [7, 11) is 0. The van der Waals surface area contributed by atoms with Crippen molar-refractivity contribution >= 4 is 17.4 Å². The van der Waals surface area contributed by atoms with Gasteiger partial charge in [-0.2, -0.15) is 0 Å². The van der Waals surface area contributed by atoms with Crippen LogP contribution in [-0.4, -0.2) is 23.3 Å². The van der Waals surface area contributed by atoms with Gasteiger partial charge in [0.2, 0.25) is 0 Å². The van der Waals surface area contributed by atoms with E-state index in [4.69, 9.17) is 4.74 Å². The van der Waals surface area contributed by atoms with Gasteiger partial charge in [0.15, 0.2) is 12.4 Å². The zero-order valence-electron chi connectivity index (χ0n) is 12.1. The maximum atomic E-state index is 12.8. The van der Waals surface area contributed by atoms with Crippen LogP contribution in [0.1, 0.15) is 26.3 Å². The fourth-order valence-corrected chi connectivity index (χ4v) is 1.87. The molecule has 0 aromatic heterocycles. The molecule has 0 saturated heterocycles. The number of carbonyl (C=O) groups is 2. The van der Waals surface area contributed by atoms with E-state index in [0.29, 0.717) is 5.56 Å². The second kappa shape index (κ2) is 6.78. The minimum Gasteiger partial charge on any atom is -0.454 e. The molecule has 0 aliphatic rings. The van der Waals surface area contributed by atoms with Crippen molar-refractivity contribution in [1.29, 1.82) is 0 Å². The molecule has 2 aromatic carbocycles. The predicted octanol–water partition coefficient (Wildman–Crippen LogP) is 3.08. The molecule has 0 fully saturated rings. The molecule has 0 saturated carbocycles. The molecule has 0 heterocycles. The summed E-state index contributed by atoms with van der Waals surface area (Å²) in [6.07, 6.45) is 0. The number of hydrogen-bond donors (Lipinski definition) is 0. The summed E-state index contributed by atoms with van der Waals surface area (Å²) in [6.45, 7) is 1.01. The van der Waals surface area contributed by atoms with Crippen LogP contribution in [0.25, 0.3) is 0 Å². The van der Waals surface area contributed by atoms with E-state index < -0.39 is 29.1 Å². The highest BCUT2D eigenvalue weighted by Gasteiger charge is 2.17. The van der Waals surface area contributed by atoms with E-state index in [9.17, 15) is 24.1 Å². The molecule has 0 bridgehead atoms. The fourth-order valence-electron chi connectivity index (χ4n) is 1.87. The Kier molecular flexibility index (Phi) is 4.80. The lowest BCUT2D eigenvalue weighted by molar-refractivity contribution is -0.385. The predicted molar refractivity (Wildman–Crippen MR) is 78.8 cm³/mol. The zero-order valence-corrected chi connectivity index (χ0v) is 12.1. The summed E-state index contributed by atoms with van der Waals surface area (Å²) in [5.41, 5.74) is 0.390. The maximum absolute atomic E-state index is 12.8. The first-order valence-corrected chi connectivity index (χ1v) is 6.59. The summed E-state index contributed by atoms with van der Waals surface area (Å²) in [5, 5.41) is 10.8. The standard InChI is InChI=1S/C16H12FNO5/c1-10-2-3-12(8-14(10)18(21)22)16(20)23-9-15(19)11-4-6-13(17)7-5-11/h2-8H,9H2,1H3. The van der Waals surface area contributed by atoms with Crippen LogP contribution < -0.4 is 0 Å². The normalized spacial score (nSPS) is 10.2. The van der Waals surface area contributed by atoms with Gasteiger partial charge in [0.25, 0.3) is 5.69 Å². The lowest BCUT2D eigenvalue weighted by atomic mass is 10.1. The van der Waals surface area contributed by atoms with E-state index in [-0.39, 0.29) is 16.8 Å².